The molecule has 1 aromatic heterocycles. The molecule has 0 atom stereocenters. The lowest BCUT2D eigenvalue weighted by Gasteiger charge is -2.13. The number of imidazole rings is 1. The van der Waals surface area contributed by atoms with Crippen molar-refractivity contribution in [1.82, 2.24) is 14.5 Å². The zero-order valence-corrected chi connectivity index (χ0v) is 11.8. The molecule has 2 aromatic rings. The number of hydrogen-bond acceptors (Lipinski definition) is 3. The van der Waals surface area contributed by atoms with Crippen LogP contribution in [-0.2, 0) is 6.54 Å². The van der Waals surface area contributed by atoms with E-state index in [1.807, 2.05) is 20.2 Å². The van der Waals surface area contributed by atoms with E-state index in [9.17, 15) is 9.90 Å². The predicted octanol–water partition coefficient (Wildman–Crippen LogP) is 2.17. The molecule has 1 heterocycles. The molecule has 1 saturated carbocycles. The third-order valence-electron chi connectivity index (χ3n) is 3.75. The van der Waals surface area contributed by atoms with Crippen LogP contribution >= 0.6 is 0 Å². The minimum atomic E-state index is -0.907. The molecule has 1 aliphatic rings. The summed E-state index contributed by atoms with van der Waals surface area (Å²) >= 11 is 0. The lowest BCUT2D eigenvalue weighted by molar-refractivity contribution is 0.0699. The largest absolute Gasteiger partial charge is 0.478 e. The van der Waals surface area contributed by atoms with Gasteiger partial charge < -0.3 is 14.6 Å². The molecule has 0 radical (unpaired) electrons. The van der Waals surface area contributed by atoms with Gasteiger partial charge in [0, 0.05) is 19.0 Å². The van der Waals surface area contributed by atoms with Crippen molar-refractivity contribution in [2.24, 2.45) is 0 Å². The van der Waals surface area contributed by atoms with Gasteiger partial charge in [0.05, 0.1) is 11.1 Å². The smallest absolute Gasteiger partial charge is 0.337 e. The average Bonchev–Trinajstić information content (AvgIpc) is 3.17. The number of likely N-dealkylation sites (N-methyl/N-ethyl adjacent to an activating group) is 1. The van der Waals surface area contributed by atoms with Crippen LogP contribution in [0.3, 0.4) is 0 Å². The highest BCUT2D eigenvalue weighted by atomic mass is 16.4. The van der Waals surface area contributed by atoms with E-state index in [4.69, 9.17) is 0 Å². The summed E-state index contributed by atoms with van der Waals surface area (Å²) < 4.78 is 2.19. The summed E-state index contributed by atoms with van der Waals surface area (Å²) in [6.45, 7) is 1.76. The quantitative estimate of drug-likeness (QED) is 0.907. The molecule has 0 bridgehead atoms. The third-order valence-corrected chi connectivity index (χ3v) is 3.75. The maximum Gasteiger partial charge on any atom is 0.337 e. The van der Waals surface area contributed by atoms with Gasteiger partial charge in [-0.2, -0.15) is 0 Å². The molecule has 5 nitrogen and oxygen atoms in total. The topological polar surface area (TPSA) is 58.4 Å². The van der Waals surface area contributed by atoms with Crippen LogP contribution in [-0.4, -0.2) is 46.2 Å². The second-order valence-corrected chi connectivity index (χ2v) is 5.68. The Balaban J connectivity index is 2.12. The Morgan fingerprint density at radius 3 is 2.80 bits per heavy atom. The minimum Gasteiger partial charge on any atom is -0.478 e. The third kappa shape index (κ3) is 2.29. The van der Waals surface area contributed by atoms with Crippen molar-refractivity contribution in [3.63, 3.8) is 0 Å². The maximum atomic E-state index is 11.3. The van der Waals surface area contributed by atoms with Gasteiger partial charge in [0.25, 0.3) is 0 Å². The number of carboxylic acid groups (broad SMARTS) is 1. The summed E-state index contributed by atoms with van der Waals surface area (Å²) in [5.74, 6) is 0.650. The molecule has 1 aromatic carbocycles. The van der Waals surface area contributed by atoms with Gasteiger partial charge in [-0.15, -0.1) is 0 Å². The lowest BCUT2D eigenvalue weighted by Crippen LogP contribution is -2.19. The molecule has 1 aliphatic carbocycles. The van der Waals surface area contributed by atoms with Crippen molar-refractivity contribution in [3.05, 3.63) is 29.6 Å². The summed E-state index contributed by atoms with van der Waals surface area (Å²) in [7, 11) is 4.08. The molecule has 1 fully saturated rings. The van der Waals surface area contributed by atoms with E-state index in [1.54, 1.807) is 12.1 Å². The van der Waals surface area contributed by atoms with E-state index in [1.165, 1.54) is 0 Å². The average molecular weight is 273 g/mol. The summed E-state index contributed by atoms with van der Waals surface area (Å²) in [5.41, 5.74) is 1.86. The molecule has 0 aliphatic heterocycles. The van der Waals surface area contributed by atoms with Gasteiger partial charge in [-0.25, -0.2) is 9.78 Å². The molecule has 1 N–H and O–H groups in total. The van der Waals surface area contributed by atoms with Crippen molar-refractivity contribution in [3.8, 4) is 0 Å². The predicted molar refractivity (Wildman–Crippen MR) is 77.2 cm³/mol. The van der Waals surface area contributed by atoms with Crippen LogP contribution in [0, 0.1) is 0 Å². The molecular weight excluding hydrogens is 254 g/mol. The van der Waals surface area contributed by atoms with Gasteiger partial charge in [-0.3, -0.25) is 0 Å². The monoisotopic (exact) mass is 273 g/mol. The first-order valence-electron chi connectivity index (χ1n) is 6.95. The fourth-order valence-electron chi connectivity index (χ4n) is 2.53. The molecule has 106 valence electrons. The van der Waals surface area contributed by atoms with Crippen LogP contribution in [0.2, 0.25) is 0 Å². The minimum absolute atomic E-state index is 0.299. The van der Waals surface area contributed by atoms with E-state index in [2.05, 4.69) is 14.5 Å². The van der Waals surface area contributed by atoms with Gasteiger partial charge in [0.15, 0.2) is 0 Å². The summed E-state index contributed by atoms with van der Waals surface area (Å²) in [4.78, 5) is 18.1. The molecule has 20 heavy (non-hydrogen) atoms. The van der Waals surface area contributed by atoms with Crippen LogP contribution in [0.4, 0.5) is 0 Å². The van der Waals surface area contributed by atoms with Crippen molar-refractivity contribution in [1.29, 1.82) is 0 Å². The first-order valence-corrected chi connectivity index (χ1v) is 6.95. The van der Waals surface area contributed by atoms with Gasteiger partial charge in [-0.1, -0.05) is 6.07 Å². The van der Waals surface area contributed by atoms with Crippen molar-refractivity contribution < 1.29 is 9.90 Å². The van der Waals surface area contributed by atoms with Gasteiger partial charge in [0.2, 0.25) is 0 Å². The first kappa shape index (κ1) is 13.1. The number of hydrogen-bond donors (Lipinski definition) is 1. The summed E-state index contributed by atoms with van der Waals surface area (Å²) in [6, 6.07) is 5.40. The SMILES string of the molecule is CN(C)CCn1c(C2CC2)nc2c(C(=O)O)cccc21. The standard InChI is InChI=1S/C15H19N3O2/c1-17(2)8-9-18-12-5-3-4-11(15(19)20)13(12)16-14(18)10-6-7-10/h3-5,10H,6-9H2,1-2H3,(H,19,20). The van der Waals surface area contributed by atoms with E-state index in [0.717, 1.165) is 37.3 Å². The van der Waals surface area contributed by atoms with Crippen LogP contribution in [0.5, 0.6) is 0 Å². The Morgan fingerprint density at radius 1 is 1.45 bits per heavy atom. The molecule has 0 saturated heterocycles. The van der Waals surface area contributed by atoms with Crippen molar-refractivity contribution >= 4 is 17.0 Å². The number of carbonyl (C=O) groups is 1. The molecular formula is C15H19N3O2. The summed E-state index contributed by atoms with van der Waals surface area (Å²) in [6.07, 6.45) is 2.32. The van der Waals surface area contributed by atoms with Crippen molar-refractivity contribution in [2.45, 2.75) is 25.3 Å². The van der Waals surface area contributed by atoms with Gasteiger partial charge in [0.1, 0.15) is 11.3 Å². The highest BCUT2D eigenvalue weighted by Crippen LogP contribution is 2.41. The highest BCUT2D eigenvalue weighted by molar-refractivity contribution is 6.01. The number of benzene rings is 1. The first-order chi connectivity index (χ1) is 9.58. The summed E-state index contributed by atoms with van der Waals surface area (Å²) in [5, 5.41) is 9.30. The number of rotatable bonds is 5. The van der Waals surface area contributed by atoms with E-state index in [-0.39, 0.29) is 0 Å². The second kappa shape index (κ2) is 4.90. The van der Waals surface area contributed by atoms with Crippen LogP contribution in [0.25, 0.3) is 11.0 Å². The van der Waals surface area contributed by atoms with Crippen LogP contribution in [0.15, 0.2) is 18.2 Å². The van der Waals surface area contributed by atoms with Crippen LogP contribution in [0.1, 0.15) is 34.9 Å². The Bertz CT molecular complexity index is 656. The molecule has 3 rings (SSSR count). The Labute approximate surface area is 117 Å². The number of nitrogens with zero attached hydrogens (tertiary/aromatic N) is 3. The lowest BCUT2D eigenvalue weighted by atomic mass is 10.2. The highest BCUT2D eigenvalue weighted by Gasteiger charge is 2.30. The Morgan fingerprint density at radius 2 is 2.20 bits per heavy atom. The van der Waals surface area contributed by atoms with E-state index >= 15 is 0 Å². The number of aromatic carboxylic acids is 1. The van der Waals surface area contributed by atoms with Gasteiger partial charge in [-0.05, 0) is 39.1 Å². The van der Waals surface area contributed by atoms with Gasteiger partial charge >= 0.3 is 5.97 Å². The fourth-order valence-corrected chi connectivity index (χ4v) is 2.53. The van der Waals surface area contributed by atoms with Crippen LogP contribution < -0.4 is 0 Å². The Kier molecular flexibility index (Phi) is 3.22. The molecule has 0 amide bonds. The van der Waals surface area contributed by atoms with E-state index in [0.29, 0.717) is 17.0 Å². The fraction of sp³-hybridized carbons (Fsp3) is 0.467. The zero-order chi connectivity index (χ0) is 14.3. The Hall–Kier alpha value is -1.88. The number of fused-ring (bicyclic) bond motifs is 1. The maximum absolute atomic E-state index is 11.3. The number of carboxylic acids is 1. The number of para-hydroxylation sites is 1. The number of aromatic nitrogens is 2. The normalized spacial score (nSPS) is 15.2. The van der Waals surface area contributed by atoms with E-state index < -0.39 is 5.97 Å². The molecule has 5 heteroatoms. The van der Waals surface area contributed by atoms with Crippen molar-refractivity contribution in [2.75, 3.05) is 20.6 Å². The zero-order valence-electron chi connectivity index (χ0n) is 11.8. The second-order valence-electron chi connectivity index (χ2n) is 5.68. The molecule has 0 unspecified atom stereocenters. The molecule has 0 spiro atoms.